The van der Waals surface area contributed by atoms with Crippen LogP contribution in [-0.4, -0.2) is 12.8 Å². The largest absolute Gasteiger partial charge is 0.288 e. The summed E-state index contributed by atoms with van der Waals surface area (Å²) in [4.78, 5) is 4.28. The minimum Gasteiger partial charge on any atom is -0.288 e. The van der Waals surface area contributed by atoms with E-state index in [2.05, 4.69) is 29.8 Å². The van der Waals surface area contributed by atoms with Crippen LogP contribution < -0.4 is 0 Å². The van der Waals surface area contributed by atoms with Crippen LogP contribution in [0.2, 0.25) is 0 Å². The van der Waals surface area contributed by atoms with Crippen molar-refractivity contribution < 1.29 is 0 Å². The highest BCUT2D eigenvalue weighted by Gasteiger charge is 2.16. The average Bonchev–Trinajstić information content (AvgIpc) is 2.27. The summed E-state index contributed by atoms with van der Waals surface area (Å²) in [6.45, 7) is 3.85. The number of nitrogens with zero attached hydrogens (tertiary/aromatic N) is 1. The molecule has 0 N–H and O–H groups in total. The van der Waals surface area contributed by atoms with Crippen molar-refractivity contribution in [3.63, 3.8) is 0 Å². The Hall–Kier alpha value is -1.63. The first-order valence-electron chi connectivity index (χ1n) is 4.75. The lowest BCUT2D eigenvalue weighted by Gasteiger charge is -2.19. The molecule has 0 aromatic heterocycles. The molecular formula is C13H13N. The average molecular weight is 183 g/mol. The third kappa shape index (κ3) is 1.31. The molecule has 70 valence electrons. The molecule has 0 saturated carbocycles. The number of rotatable bonds is 1. The van der Waals surface area contributed by atoms with Gasteiger partial charge in [-0.2, -0.15) is 0 Å². The minimum atomic E-state index is 0.961. The molecule has 0 aliphatic heterocycles. The van der Waals surface area contributed by atoms with E-state index in [4.69, 9.17) is 0 Å². The van der Waals surface area contributed by atoms with Crippen LogP contribution in [0.5, 0.6) is 0 Å². The second-order valence-electron chi connectivity index (χ2n) is 3.30. The van der Waals surface area contributed by atoms with Crippen LogP contribution in [-0.2, 0) is 0 Å². The molecule has 1 nitrogen and oxygen atoms in total. The molecule has 0 bridgehead atoms. The predicted molar refractivity (Wildman–Crippen MR) is 61.6 cm³/mol. The summed E-state index contributed by atoms with van der Waals surface area (Å²) in [5, 5.41) is 0. The number of fused-ring (bicyclic) bond motifs is 1. The molecule has 0 saturated heterocycles. The van der Waals surface area contributed by atoms with Gasteiger partial charge in [0, 0.05) is 12.6 Å². The van der Waals surface area contributed by atoms with Crippen molar-refractivity contribution in [3.8, 4) is 0 Å². The van der Waals surface area contributed by atoms with E-state index in [9.17, 15) is 0 Å². The molecule has 2 rings (SSSR count). The lowest BCUT2D eigenvalue weighted by atomic mass is 9.86. The Labute approximate surface area is 84.6 Å². The van der Waals surface area contributed by atoms with E-state index < -0.39 is 0 Å². The van der Waals surface area contributed by atoms with Gasteiger partial charge in [0.25, 0.3) is 0 Å². The van der Waals surface area contributed by atoms with Gasteiger partial charge in [0.2, 0.25) is 0 Å². The van der Waals surface area contributed by atoms with E-state index in [1.165, 1.54) is 16.7 Å². The summed E-state index contributed by atoms with van der Waals surface area (Å²) in [6, 6.07) is 0. The maximum Gasteiger partial charge on any atom is 0.0652 e. The highest BCUT2D eigenvalue weighted by Crippen LogP contribution is 2.29. The molecule has 2 aliphatic carbocycles. The standard InChI is InChI=1S/C13H13N/c1-3-10-6-4-7-11-8-5-9-12(14-2)13(10)11/h3-5,7-9H,1,6H2,2H3/b14-12-. The van der Waals surface area contributed by atoms with Gasteiger partial charge < -0.3 is 0 Å². The molecule has 0 unspecified atom stereocenters. The molecule has 0 aromatic rings. The van der Waals surface area contributed by atoms with Crippen LogP contribution in [0.4, 0.5) is 0 Å². The highest BCUT2D eigenvalue weighted by molar-refractivity contribution is 6.14. The second-order valence-corrected chi connectivity index (χ2v) is 3.30. The molecule has 0 heterocycles. The molecule has 0 aromatic carbocycles. The van der Waals surface area contributed by atoms with Crippen LogP contribution in [0.15, 0.2) is 64.7 Å². The van der Waals surface area contributed by atoms with E-state index in [-0.39, 0.29) is 0 Å². The lowest BCUT2D eigenvalue weighted by molar-refractivity contribution is 1.21. The summed E-state index contributed by atoms with van der Waals surface area (Å²) in [5.41, 5.74) is 4.81. The molecule has 1 heteroatoms. The number of hydrogen-bond donors (Lipinski definition) is 0. The predicted octanol–water partition coefficient (Wildman–Crippen LogP) is 3.00. The van der Waals surface area contributed by atoms with Gasteiger partial charge in [-0.05, 0) is 23.6 Å². The second kappa shape index (κ2) is 3.62. The van der Waals surface area contributed by atoms with Crippen LogP contribution >= 0.6 is 0 Å². The van der Waals surface area contributed by atoms with Gasteiger partial charge in [-0.1, -0.05) is 37.0 Å². The van der Waals surface area contributed by atoms with E-state index in [1.54, 1.807) is 0 Å². The molecular weight excluding hydrogens is 170 g/mol. The van der Waals surface area contributed by atoms with Crippen LogP contribution in [0.1, 0.15) is 6.42 Å². The van der Waals surface area contributed by atoms with Gasteiger partial charge in [0.15, 0.2) is 0 Å². The summed E-state index contributed by atoms with van der Waals surface area (Å²) < 4.78 is 0. The Bertz CT molecular complexity index is 415. The summed E-state index contributed by atoms with van der Waals surface area (Å²) in [5.74, 6) is 0. The SMILES string of the molecule is C=CC1=C2C(=CC=C/C2=N/C)C=CC1. The Kier molecular flexibility index (Phi) is 2.32. The fraction of sp³-hybridized carbons (Fsp3) is 0.154. The van der Waals surface area contributed by atoms with Gasteiger partial charge in [-0.15, -0.1) is 0 Å². The number of allylic oxidation sites excluding steroid dienone is 9. The molecule has 0 spiro atoms. The molecule has 2 aliphatic rings. The van der Waals surface area contributed by atoms with Gasteiger partial charge in [-0.3, -0.25) is 4.99 Å². The van der Waals surface area contributed by atoms with Crippen molar-refractivity contribution in [1.29, 1.82) is 0 Å². The third-order valence-corrected chi connectivity index (χ3v) is 2.52. The Balaban J connectivity index is 2.59. The number of hydrogen-bond acceptors (Lipinski definition) is 1. The van der Waals surface area contributed by atoms with Crippen molar-refractivity contribution in [2.24, 2.45) is 4.99 Å². The topological polar surface area (TPSA) is 12.4 Å². The minimum absolute atomic E-state index is 0.961. The van der Waals surface area contributed by atoms with Crippen molar-refractivity contribution in [1.82, 2.24) is 0 Å². The van der Waals surface area contributed by atoms with Crippen molar-refractivity contribution in [2.75, 3.05) is 7.05 Å². The van der Waals surface area contributed by atoms with Gasteiger partial charge in [-0.25, -0.2) is 0 Å². The quantitative estimate of drug-likeness (QED) is 0.592. The Morgan fingerprint density at radius 1 is 1.43 bits per heavy atom. The Morgan fingerprint density at radius 2 is 2.29 bits per heavy atom. The fourth-order valence-corrected chi connectivity index (χ4v) is 1.83. The van der Waals surface area contributed by atoms with E-state index >= 15 is 0 Å². The first-order valence-corrected chi connectivity index (χ1v) is 4.75. The monoisotopic (exact) mass is 183 g/mol. The van der Waals surface area contributed by atoms with E-state index in [0.717, 1.165) is 12.1 Å². The molecule has 0 radical (unpaired) electrons. The highest BCUT2D eigenvalue weighted by atomic mass is 14.7. The maximum atomic E-state index is 4.28. The van der Waals surface area contributed by atoms with Gasteiger partial charge in [0.1, 0.15) is 0 Å². The number of aliphatic imine (C=N–C) groups is 1. The summed E-state index contributed by atoms with van der Waals surface area (Å²) in [6.07, 6.45) is 13.4. The molecule has 14 heavy (non-hydrogen) atoms. The van der Waals surface area contributed by atoms with Gasteiger partial charge >= 0.3 is 0 Å². The fourth-order valence-electron chi connectivity index (χ4n) is 1.83. The third-order valence-electron chi connectivity index (χ3n) is 2.52. The summed E-state index contributed by atoms with van der Waals surface area (Å²) in [7, 11) is 1.83. The van der Waals surface area contributed by atoms with E-state index in [1.807, 2.05) is 25.3 Å². The van der Waals surface area contributed by atoms with Crippen molar-refractivity contribution in [3.05, 3.63) is 59.8 Å². The maximum absolute atomic E-state index is 4.28. The smallest absolute Gasteiger partial charge is 0.0652 e. The first kappa shape index (κ1) is 8.95. The zero-order valence-electron chi connectivity index (χ0n) is 8.33. The van der Waals surface area contributed by atoms with Crippen molar-refractivity contribution in [2.45, 2.75) is 6.42 Å². The first-order chi connectivity index (χ1) is 6.86. The van der Waals surface area contributed by atoms with Crippen LogP contribution in [0, 0.1) is 0 Å². The Morgan fingerprint density at radius 3 is 3.00 bits per heavy atom. The van der Waals surface area contributed by atoms with Gasteiger partial charge in [0.05, 0.1) is 5.71 Å². The zero-order chi connectivity index (χ0) is 9.97. The summed E-state index contributed by atoms with van der Waals surface area (Å²) >= 11 is 0. The molecule has 0 fully saturated rings. The van der Waals surface area contributed by atoms with Crippen LogP contribution in [0.25, 0.3) is 0 Å². The lowest BCUT2D eigenvalue weighted by Crippen LogP contribution is -2.09. The molecule has 0 atom stereocenters. The van der Waals surface area contributed by atoms with Crippen molar-refractivity contribution >= 4 is 5.71 Å². The molecule has 0 amide bonds. The van der Waals surface area contributed by atoms with E-state index in [0.29, 0.717) is 0 Å². The normalized spacial score (nSPS) is 22.4. The zero-order valence-corrected chi connectivity index (χ0v) is 8.33. The van der Waals surface area contributed by atoms with Crippen LogP contribution in [0.3, 0.4) is 0 Å².